The van der Waals surface area contributed by atoms with Crippen LogP contribution in [0.5, 0.6) is 0 Å². The molecule has 43 heavy (non-hydrogen) atoms. The van der Waals surface area contributed by atoms with Crippen molar-refractivity contribution in [2.75, 3.05) is 7.11 Å². The third kappa shape index (κ3) is 4.42. The van der Waals surface area contributed by atoms with Crippen molar-refractivity contribution >= 4 is 51.1 Å². The molecule has 0 aromatic carbocycles. The summed E-state index contributed by atoms with van der Waals surface area (Å²) in [6.07, 6.45) is 3.23. The Morgan fingerprint density at radius 1 is 0.977 bits per heavy atom. The molecule has 0 radical (unpaired) electrons. The number of hydrogen-bond acceptors (Lipinski definition) is 6. The maximum absolute atomic E-state index is 13.6. The lowest BCUT2D eigenvalue weighted by molar-refractivity contribution is -0.140. The number of nitrogens with one attached hydrogen (secondary N) is 3. The van der Waals surface area contributed by atoms with Gasteiger partial charge in [0.1, 0.15) is 0 Å². The number of ether oxygens (including phenoxy) is 1. The fourth-order valence-electron chi connectivity index (χ4n) is 6.70. The summed E-state index contributed by atoms with van der Waals surface area (Å²) < 4.78 is 4.93. The lowest BCUT2D eigenvalue weighted by Gasteiger charge is -2.19. The van der Waals surface area contributed by atoms with Crippen LogP contribution in [0.15, 0.2) is 30.9 Å². The lowest BCUT2D eigenvalue weighted by Crippen LogP contribution is -2.35. The van der Waals surface area contributed by atoms with Gasteiger partial charge in [-0.05, 0) is 74.1 Å². The summed E-state index contributed by atoms with van der Waals surface area (Å²) in [5.74, 6) is -1.55. The molecule has 0 fully saturated rings. The summed E-state index contributed by atoms with van der Waals surface area (Å²) in [7, 11) is 1.37. The topological polar surface area (TPSA) is 130 Å². The number of aromatic nitrogens is 4. The van der Waals surface area contributed by atoms with Crippen LogP contribution >= 0.6 is 0 Å². The Hall–Kier alpha value is -4.79. The normalized spacial score (nSPS) is 18.6. The second-order valence-corrected chi connectivity index (χ2v) is 11.5. The number of imide groups is 1. The number of H-pyrrole nitrogens is 2. The number of carbonyl (C=O) groups is 3. The van der Waals surface area contributed by atoms with E-state index in [0.29, 0.717) is 34.3 Å². The SMILES string of the molecule is C=CC1=C(C)c2cc3[nH]c(c4c5[nH]c(cc6nc(cc1n2)C(C)=C6CC)c(C)c5C(=O)NC4=O)[C@@H](CCC(=O)OC)[C@@H]3C. The average Bonchev–Trinajstić information content (AvgIpc) is 3.65. The Morgan fingerprint density at radius 2 is 1.67 bits per heavy atom. The zero-order valence-electron chi connectivity index (χ0n) is 25.3. The zero-order valence-corrected chi connectivity index (χ0v) is 25.3. The van der Waals surface area contributed by atoms with Gasteiger partial charge in [-0.1, -0.05) is 26.5 Å². The Bertz CT molecular complexity index is 1900. The fraction of sp³-hybridized carbons (Fsp3) is 0.324. The molecule has 9 nitrogen and oxygen atoms in total. The standard InChI is InChI=1S/C34H35N5O4/c1-8-19-15(3)22-12-24-17(5)21(10-11-28(40)43-7)31(37-24)30-32-29(33(41)39-34(30)42)18(6)25(38-32)14-27-20(9-2)16(4)23(36-27)13-26(19)35-22/h8,12-14,17,21,37-38H,1,9-11H2,2-7H3,(H,39,41,42)/t17-,21-/m0/s1. The van der Waals surface area contributed by atoms with Gasteiger partial charge in [-0.3, -0.25) is 19.7 Å². The highest BCUT2D eigenvalue weighted by Crippen LogP contribution is 2.44. The third-order valence-corrected chi connectivity index (χ3v) is 9.22. The van der Waals surface area contributed by atoms with Crippen LogP contribution in [0.4, 0.5) is 0 Å². The summed E-state index contributed by atoms with van der Waals surface area (Å²) in [4.78, 5) is 55.9. The summed E-state index contributed by atoms with van der Waals surface area (Å²) in [5.41, 5.74) is 11.5. The van der Waals surface area contributed by atoms with Crippen LogP contribution < -0.4 is 5.32 Å². The first kappa shape index (κ1) is 28.3. The molecular weight excluding hydrogens is 542 g/mol. The van der Waals surface area contributed by atoms with Crippen molar-refractivity contribution < 1.29 is 19.1 Å². The van der Waals surface area contributed by atoms with E-state index in [-0.39, 0.29) is 24.2 Å². The highest BCUT2D eigenvalue weighted by atomic mass is 16.5. The van der Waals surface area contributed by atoms with Gasteiger partial charge < -0.3 is 14.7 Å². The molecule has 4 aliphatic rings. The van der Waals surface area contributed by atoms with E-state index >= 15 is 0 Å². The predicted octanol–water partition coefficient (Wildman–Crippen LogP) is 6.53. The van der Waals surface area contributed by atoms with E-state index in [1.807, 2.05) is 38.1 Å². The molecule has 2 amide bonds. The van der Waals surface area contributed by atoms with Crippen molar-refractivity contribution in [2.45, 2.75) is 65.7 Å². The second kappa shape index (κ2) is 10.5. The van der Waals surface area contributed by atoms with Crippen molar-refractivity contribution in [1.29, 1.82) is 0 Å². The lowest BCUT2D eigenvalue weighted by atomic mass is 9.85. The van der Waals surface area contributed by atoms with Crippen LogP contribution in [0, 0.1) is 6.92 Å². The molecule has 0 saturated heterocycles. The molecule has 9 heteroatoms. The van der Waals surface area contributed by atoms with Gasteiger partial charge in [-0.25, -0.2) is 9.97 Å². The van der Waals surface area contributed by atoms with E-state index in [4.69, 9.17) is 14.7 Å². The van der Waals surface area contributed by atoms with Crippen LogP contribution in [0.3, 0.4) is 0 Å². The van der Waals surface area contributed by atoms with Gasteiger partial charge in [0.2, 0.25) is 0 Å². The number of esters is 1. The number of hydrogen-bond donors (Lipinski definition) is 3. The Morgan fingerprint density at radius 3 is 2.37 bits per heavy atom. The number of aromatic amines is 2. The Kier molecular flexibility index (Phi) is 6.91. The molecule has 0 saturated carbocycles. The van der Waals surface area contributed by atoms with E-state index in [1.165, 1.54) is 7.11 Å². The molecule has 3 N–H and O–H groups in total. The van der Waals surface area contributed by atoms with E-state index < -0.39 is 11.8 Å². The number of amides is 2. The number of nitrogens with zero attached hydrogens (tertiary/aromatic N) is 2. The van der Waals surface area contributed by atoms with Gasteiger partial charge in [0.05, 0.1) is 46.5 Å². The largest absolute Gasteiger partial charge is 0.469 e. The van der Waals surface area contributed by atoms with E-state index in [1.54, 1.807) is 0 Å². The third-order valence-electron chi connectivity index (χ3n) is 9.22. The number of rotatable bonds is 5. The van der Waals surface area contributed by atoms with Crippen LogP contribution in [0.25, 0.3) is 33.3 Å². The zero-order chi connectivity index (χ0) is 30.7. The summed E-state index contributed by atoms with van der Waals surface area (Å²) >= 11 is 0. The molecule has 0 spiro atoms. The van der Waals surface area contributed by atoms with Gasteiger partial charge in [0.25, 0.3) is 11.8 Å². The van der Waals surface area contributed by atoms with Gasteiger partial charge in [-0.2, -0.15) is 0 Å². The molecule has 8 bridgehead atoms. The maximum Gasteiger partial charge on any atom is 0.305 e. The monoisotopic (exact) mass is 577 g/mol. The first-order valence-corrected chi connectivity index (χ1v) is 14.6. The van der Waals surface area contributed by atoms with Crippen molar-refractivity contribution in [1.82, 2.24) is 25.3 Å². The van der Waals surface area contributed by atoms with Gasteiger partial charge in [0.15, 0.2) is 0 Å². The fourth-order valence-corrected chi connectivity index (χ4v) is 6.70. The quantitative estimate of drug-likeness (QED) is 0.274. The molecule has 0 aliphatic carbocycles. The number of fused-ring (bicyclic) bond motifs is 8. The highest BCUT2D eigenvalue weighted by Gasteiger charge is 2.37. The minimum atomic E-state index is -0.488. The summed E-state index contributed by atoms with van der Waals surface area (Å²) in [5, 5.41) is 2.56. The molecular formula is C34H35N5O4. The van der Waals surface area contributed by atoms with Crippen molar-refractivity contribution in [2.24, 2.45) is 0 Å². The first-order chi connectivity index (χ1) is 20.6. The van der Waals surface area contributed by atoms with Gasteiger partial charge in [0, 0.05) is 40.7 Å². The molecule has 4 aliphatic heterocycles. The average molecular weight is 578 g/mol. The van der Waals surface area contributed by atoms with Crippen LogP contribution in [-0.4, -0.2) is 44.8 Å². The van der Waals surface area contributed by atoms with E-state index in [0.717, 1.165) is 62.7 Å². The minimum Gasteiger partial charge on any atom is -0.469 e. The smallest absolute Gasteiger partial charge is 0.305 e. The molecule has 2 aromatic rings. The van der Waals surface area contributed by atoms with Crippen LogP contribution in [0.2, 0.25) is 0 Å². The maximum atomic E-state index is 13.6. The number of aryl methyl sites for hydroxylation is 1. The van der Waals surface area contributed by atoms with Crippen molar-refractivity contribution in [3.63, 3.8) is 0 Å². The molecule has 0 unspecified atom stereocenters. The number of allylic oxidation sites excluding steroid dienone is 5. The molecule has 6 heterocycles. The van der Waals surface area contributed by atoms with Crippen molar-refractivity contribution in [3.8, 4) is 0 Å². The molecule has 6 rings (SSSR count). The van der Waals surface area contributed by atoms with E-state index in [9.17, 15) is 14.4 Å². The number of methoxy groups -OCH3 is 1. The van der Waals surface area contributed by atoms with Crippen molar-refractivity contribution in [3.05, 3.63) is 81.7 Å². The predicted molar refractivity (Wildman–Crippen MR) is 167 cm³/mol. The molecule has 2 aromatic heterocycles. The molecule has 2 atom stereocenters. The highest BCUT2D eigenvalue weighted by molar-refractivity contribution is 6.23. The number of carbonyl (C=O) groups excluding carboxylic acids is 3. The molecule has 220 valence electrons. The first-order valence-electron chi connectivity index (χ1n) is 14.6. The summed E-state index contributed by atoms with van der Waals surface area (Å²) in [6.45, 7) is 14.2. The Labute approximate surface area is 249 Å². The minimum absolute atomic E-state index is 0.0808. The van der Waals surface area contributed by atoms with Crippen LogP contribution in [-0.2, 0) is 9.53 Å². The Balaban J connectivity index is 1.77. The van der Waals surface area contributed by atoms with Gasteiger partial charge in [-0.15, -0.1) is 0 Å². The summed E-state index contributed by atoms with van der Waals surface area (Å²) in [6, 6.07) is 5.97. The van der Waals surface area contributed by atoms with Crippen LogP contribution in [0.1, 0.15) is 119 Å². The second-order valence-electron chi connectivity index (χ2n) is 11.5. The van der Waals surface area contributed by atoms with E-state index in [2.05, 4.69) is 42.6 Å². The van der Waals surface area contributed by atoms with Gasteiger partial charge >= 0.3 is 5.97 Å².